The number of unbranched alkanes of at least 4 members (excludes halogenated alkanes) is 1. The van der Waals surface area contributed by atoms with Gasteiger partial charge in [-0.2, -0.15) is 0 Å². The molecule has 0 N–H and O–H groups in total. The summed E-state index contributed by atoms with van der Waals surface area (Å²) in [5, 5.41) is 0. The zero-order valence-electron chi connectivity index (χ0n) is 9.67. The molecule has 0 saturated heterocycles. The Morgan fingerprint density at radius 2 is 1.69 bits per heavy atom. The first-order valence-electron chi connectivity index (χ1n) is 4.83. The summed E-state index contributed by atoms with van der Waals surface area (Å²) in [7, 11) is -3.90. The van der Waals surface area contributed by atoms with Crippen molar-refractivity contribution in [2.75, 3.05) is 20.3 Å². The van der Waals surface area contributed by atoms with Gasteiger partial charge in [0, 0.05) is 45.5 Å². The molecule has 0 aromatic rings. The monoisotopic (exact) mass is 291 g/mol. The molecule has 2 nitrogen and oxygen atoms in total. The van der Waals surface area contributed by atoms with Gasteiger partial charge in [0.2, 0.25) is 0 Å². The van der Waals surface area contributed by atoms with E-state index in [2.05, 4.69) is 36.2 Å². The first-order chi connectivity index (χ1) is 6.83. The predicted molar refractivity (Wildman–Crippen MR) is 53.6 cm³/mol. The van der Waals surface area contributed by atoms with E-state index in [-0.39, 0.29) is 19.5 Å². The zero-order chi connectivity index (χ0) is 11.9. The van der Waals surface area contributed by atoms with Crippen LogP contribution >= 0.6 is 0 Å². The quantitative estimate of drug-likeness (QED) is 0.583. The Labute approximate surface area is 107 Å². The van der Waals surface area contributed by atoms with Gasteiger partial charge in [-0.05, 0) is 6.42 Å². The second-order valence-electron chi connectivity index (χ2n) is 3.36. The molecule has 1 heterocycles. The van der Waals surface area contributed by atoms with Crippen molar-refractivity contribution in [3.05, 3.63) is 12.4 Å². The van der Waals surface area contributed by atoms with Crippen molar-refractivity contribution in [2.24, 2.45) is 0 Å². The second kappa shape index (κ2) is 8.85. The van der Waals surface area contributed by atoms with Crippen molar-refractivity contribution >= 4 is 7.25 Å². The van der Waals surface area contributed by atoms with Crippen molar-refractivity contribution in [1.29, 1.82) is 0 Å². The smallest absolute Gasteiger partial charge is 0.418 e. The molecule has 1 aliphatic heterocycles. The maximum atomic E-state index is 9.75. The molecule has 0 radical (unpaired) electrons. The minimum absolute atomic E-state index is 0. The van der Waals surface area contributed by atoms with E-state index < -0.39 is 7.25 Å². The summed E-state index contributed by atoms with van der Waals surface area (Å²) in [6.07, 6.45) is 6.87. The second-order valence-corrected chi connectivity index (χ2v) is 3.36. The molecule has 16 heavy (non-hydrogen) atoms. The van der Waals surface area contributed by atoms with Crippen molar-refractivity contribution in [2.45, 2.75) is 19.8 Å². The fourth-order valence-corrected chi connectivity index (χ4v) is 1.10. The van der Waals surface area contributed by atoms with Crippen LogP contribution in [0.1, 0.15) is 19.8 Å². The van der Waals surface area contributed by atoms with E-state index in [4.69, 9.17) is 0 Å². The van der Waals surface area contributed by atoms with Gasteiger partial charge in [0.15, 0.2) is 0 Å². The molecule has 0 aromatic carbocycles. The molecule has 0 fully saturated rings. The molecule has 0 bridgehead atoms. The van der Waals surface area contributed by atoms with Crippen molar-refractivity contribution in [3.63, 3.8) is 0 Å². The average Bonchev–Trinajstić information content (AvgIpc) is 2.45. The average molecular weight is 292 g/mol. The fraction of sp³-hybridized carbons (Fsp3) is 0.750. The molecule has 0 aliphatic carbocycles. The largest absolute Gasteiger partial charge is 0.673 e. The van der Waals surface area contributed by atoms with Crippen LogP contribution in [0.25, 0.3) is 0 Å². The fourth-order valence-electron chi connectivity index (χ4n) is 1.10. The number of hydrogen-bond acceptors (Lipinski definition) is 2. The van der Waals surface area contributed by atoms with Crippen LogP contribution in [0, 0.1) is 0 Å². The van der Waals surface area contributed by atoms with Gasteiger partial charge in [-0.3, -0.25) is 0 Å². The summed E-state index contributed by atoms with van der Waals surface area (Å²) in [5.74, 6) is 0. The van der Waals surface area contributed by atoms with Crippen LogP contribution in [0.3, 0.4) is 0 Å². The molecule has 0 atom stereocenters. The number of hydrogen-bond donors (Lipinski definition) is 0. The van der Waals surface area contributed by atoms with E-state index >= 15 is 0 Å². The molecule has 8 heteroatoms. The predicted octanol–water partition coefficient (Wildman–Crippen LogP) is 2.76. The van der Waals surface area contributed by atoms with Gasteiger partial charge in [-0.15, -0.1) is 0 Å². The molecular formula is C8H16BF4N2Zn-. The van der Waals surface area contributed by atoms with Crippen LogP contribution in [0.15, 0.2) is 12.4 Å². The summed E-state index contributed by atoms with van der Waals surface area (Å²) in [6.45, 7) is 4.50. The van der Waals surface area contributed by atoms with Gasteiger partial charge >= 0.3 is 7.25 Å². The molecule has 0 amide bonds. The zero-order valence-corrected chi connectivity index (χ0v) is 12.6. The van der Waals surface area contributed by atoms with Crippen molar-refractivity contribution in [3.8, 4) is 0 Å². The molecule has 92 valence electrons. The summed E-state index contributed by atoms with van der Waals surface area (Å²) < 4.78 is 39.0. The topological polar surface area (TPSA) is 6.48 Å². The SMILES string of the molecule is CCCCN1C=CN(C)C1.F[B-](F)(F)F.[Zn]. The molecule has 0 saturated carbocycles. The third-order valence-electron chi connectivity index (χ3n) is 1.74. The molecule has 0 spiro atoms. The minimum atomic E-state index is -6.00. The third kappa shape index (κ3) is 13.7. The standard InChI is InChI=1S/C8H16N2.BF4.Zn/c1-3-4-5-10-7-6-9(2)8-10;2-1(3,4)5;/h6-7H,3-5,8H2,1-2H3;;/q;-1;. The van der Waals surface area contributed by atoms with E-state index in [0.717, 1.165) is 6.67 Å². The van der Waals surface area contributed by atoms with Gasteiger partial charge in [0.1, 0.15) is 0 Å². The van der Waals surface area contributed by atoms with Crippen LogP contribution in [0.4, 0.5) is 17.3 Å². The van der Waals surface area contributed by atoms with Crippen LogP contribution in [0.2, 0.25) is 0 Å². The summed E-state index contributed by atoms with van der Waals surface area (Å²) in [4.78, 5) is 4.53. The summed E-state index contributed by atoms with van der Waals surface area (Å²) in [5.41, 5.74) is 0. The Morgan fingerprint density at radius 3 is 2.00 bits per heavy atom. The Bertz CT molecular complexity index is 195. The Kier molecular flexibility index (Phi) is 10.0. The molecule has 1 aliphatic rings. The number of rotatable bonds is 3. The molecule has 0 aromatic heterocycles. The van der Waals surface area contributed by atoms with Gasteiger partial charge in [-0.1, -0.05) is 13.3 Å². The maximum absolute atomic E-state index is 9.75. The van der Waals surface area contributed by atoms with E-state index in [0.29, 0.717) is 0 Å². The molecular weight excluding hydrogens is 276 g/mol. The van der Waals surface area contributed by atoms with Crippen molar-refractivity contribution < 1.29 is 36.7 Å². The summed E-state index contributed by atoms with van der Waals surface area (Å²) in [6, 6.07) is 0. The number of nitrogens with zero attached hydrogens (tertiary/aromatic N) is 2. The van der Waals surface area contributed by atoms with Gasteiger partial charge in [0.25, 0.3) is 0 Å². The van der Waals surface area contributed by atoms with Crippen LogP contribution in [-0.2, 0) is 19.5 Å². The van der Waals surface area contributed by atoms with Crippen LogP contribution < -0.4 is 0 Å². The van der Waals surface area contributed by atoms with Gasteiger partial charge in [0.05, 0.1) is 6.67 Å². The first-order valence-corrected chi connectivity index (χ1v) is 4.83. The Morgan fingerprint density at radius 1 is 1.19 bits per heavy atom. The molecule has 0 unspecified atom stereocenters. The minimum Gasteiger partial charge on any atom is -0.418 e. The van der Waals surface area contributed by atoms with Gasteiger partial charge in [-0.25, -0.2) is 0 Å². The molecule has 1 rings (SSSR count). The number of halogens is 4. The van der Waals surface area contributed by atoms with Crippen LogP contribution in [-0.4, -0.2) is 37.3 Å². The van der Waals surface area contributed by atoms with E-state index in [1.54, 1.807) is 0 Å². The first kappa shape index (κ1) is 18.1. The Hall–Kier alpha value is -0.252. The third-order valence-corrected chi connectivity index (χ3v) is 1.74. The van der Waals surface area contributed by atoms with E-state index in [1.807, 2.05) is 0 Å². The van der Waals surface area contributed by atoms with Crippen LogP contribution in [0.5, 0.6) is 0 Å². The van der Waals surface area contributed by atoms with Gasteiger partial charge < -0.3 is 27.1 Å². The van der Waals surface area contributed by atoms with Crippen molar-refractivity contribution in [1.82, 2.24) is 9.80 Å². The maximum Gasteiger partial charge on any atom is 0.673 e. The summed E-state index contributed by atoms with van der Waals surface area (Å²) >= 11 is 0. The Balaban J connectivity index is 0. The van der Waals surface area contributed by atoms with E-state index in [1.165, 1.54) is 19.4 Å². The van der Waals surface area contributed by atoms with E-state index in [9.17, 15) is 17.3 Å². The normalized spacial score (nSPS) is 14.4.